The molecule has 18 heavy (non-hydrogen) atoms. The fraction of sp³-hybridized carbons (Fsp3) is 0.462. The highest BCUT2D eigenvalue weighted by Gasteiger charge is 2.17. The van der Waals surface area contributed by atoms with Crippen molar-refractivity contribution in [3.63, 3.8) is 0 Å². The number of halogens is 2. The molecule has 1 aliphatic heterocycles. The third-order valence-electron chi connectivity index (χ3n) is 2.95. The Morgan fingerprint density at radius 1 is 1.33 bits per heavy atom. The van der Waals surface area contributed by atoms with E-state index in [4.69, 9.17) is 16.3 Å². The van der Waals surface area contributed by atoms with Gasteiger partial charge in [0.15, 0.2) is 6.61 Å². The summed E-state index contributed by atoms with van der Waals surface area (Å²) in [6.45, 7) is 1.81. The van der Waals surface area contributed by atoms with Crippen LogP contribution in [0.5, 0.6) is 5.75 Å². The molecule has 0 unspecified atom stereocenters. The molecule has 3 nitrogen and oxygen atoms in total. The van der Waals surface area contributed by atoms with E-state index in [9.17, 15) is 4.79 Å². The fourth-order valence-corrected chi connectivity index (χ4v) is 2.62. The van der Waals surface area contributed by atoms with Gasteiger partial charge in [-0.2, -0.15) is 0 Å². The van der Waals surface area contributed by atoms with Gasteiger partial charge in [0.25, 0.3) is 5.91 Å². The zero-order chi connectivity index (χ0) is 13.0. The molecule has 1 heterocycles. The van der Waals surface area contributed by atoms with Crippen LogP contribution in [0, 0.1) is 3.57 Å². The number of amides is 1. The molecule has 98 valence electrons. The minimum atomic E-state index is 0.0606. The van der Waals surface area contributed by atoms with Gasteiger partial charge in [-0.15, -0.1) is 0 Å². The third kappa shape index (κ3) is 3.75. The van der Waals surface area contributed by atoms with Gasteiger partial charge in [-0.3, -0.25) is 4.79 Å². The number of benzene rings is 1. The smallest absolute Gasteiger partial charge is 0.260 e. The summed E-state index contributed by atoms with van der Waals surface area (Å²) >= 11 is 8.07. The second kappa shape index (κ2) is 6.61. The number of hydrogen-bond acceptors (Lipinski definition) is 2. The summed E-state index contributed by atoms with van der Waals surface area (Å²) in [7, 11) is 0. The highest BCUT2D eigenvalue weighted by atomic mass is 127. The fourth-order valence-electron chi connectivity index (χ4n) is 1.96. The predicted molar refractivity (Wildman–Crippen MR) is 80.1 cm³/mol. The van der Waals surface area contributed by atoms with E-state index < -0.39 is 0 Å². The van der Waals surface area contributed by atoms with Crippen molar-refractivity contribution in [1.29, 1.82) is 0 Å². The SMILES string of the molecule is O=C(COc1cc(Cl)ccc1I)N1CCCCC1. The van der Waals surface area contributed by atoms with Gasteiger partial charge in [-0.1, -0.05) is 11.6 Å². The first-order valence-corrected chi connectivity index (χ1v) is 7.48. The minimum absolute atomic E-state index is 0.0606. The number of ether oxygens (including phenoxy) is 1. The molecule has 0 atom stereocenters. The maximum Gasteiger partial charge on any atom is 0.260 e. The van der Waals surface area contributed by atoms with Crippen LogP contribution in [-0.4, -0.2) is 30.5 Å². The summed E-state index contributed by atoms with van der Waals surface area (Å²) < 4.78 is 6.51. The normalized spacial score (nSPS) is 15.6. The summed E-state index contributed by atoms with van der Waals surface area (Å²) in [5, 5.41) is 0.621. The Kier molecular flexibility index (Phi) is 5.12. The van der Waals surface area contributed by atoms with Gasteiger partial charge in [0.05, 0.1) is 3.57 Å². The molecule has 1 fully saturated rings. The molecule has 0 N–H and O–H groups in total. The van der Waals surface area contributed by atoms with Gasteiger partial charge in [-0.05, 0) is 60.1 Å². The van der Waals surface area contributed by atoms with Crippen LogP contribution in [0.2, 0.25) is 5.02 Å². The summed E-state index contributed by atoms with van der Waals surface area (Å²) in [6.07, 6.45) is 3.41. The maximum absolute atomic E-state index is 11.9. The lowest BCUT2D eigenvalue weighted by Crippen LogP contribution is -2.38. The molecule has 0 radical (unpaired) electrons. The number of carbonyl (C=O) groups is 1. The summed E-state index contributed by atoms with van der Waals surface area (Å²) in [6, 6.07) is 5.43. The van der Waals surface area contributed by atoms with E-state index in [-0.39, 0.29) is 12.5 Å². The van der Waals surface area contributed by atoms with Crippen LogP contribution < -0.4 is 4.74 Å². The molecule has 1 aromatic rings. The Balaban J connectivity index is 1.90. The van der Waals surface area contributed by atoms with Crippen molar-refractivity contribution in [3.05, 3.63) is 26.8 Å². The molecule has 0 saturated carbocycles. The van der Waals surface area contributed by atoms with Gasteiger partial charge in [0.2, 0.25) is 0 Å². The summed E-state index contributed by atoms with van der Waals surface area (Å²) in [5.41, 5.74) is 0. The highest BCUT2D eigenvalue weighted by Crippen LogP contribution is 2.24. The van der Waals surface area contributed by atoms with E-state index in [1.54, 1.807) is 6.07 Å². The molecule has 0 bridgehead atoms. The predicted octanol–water partition coefficient (Wildman–Crippen LogP) is 3.34. The van der Waals surface area contributed by atoms with E-state index >= 15 is 0 Å². The Hall–Kier alpha value is -0.490. The van der Waals surface area contributed by atoms with Crippen molar-refractivity contribution in [3.8, 4) is 5.75 Å². The second-order valence-corrected chi connectivity index (χ2v) is 5.90. The lowest BCUT2D eigenvalue weighted by molar-refractivity contribution is -0.134. The standard InChI is InChI=1S/C13H15ClINO2/c14-10-4-5-11(15)12(8-10)18-9-13(17)16-6-2-1-3-7-16/h4-5,8H,1-3,6-7,9H2. The van der Waals surface area contributed by atoms with Crippen LogP contribution in [0.15, 0.2) is 18.2 Å². The van der Waals surface area contributed by atoms with Crippen LogP contribution in [0.25, 0.3) is 0 Å². The topological polar surface area (TPSA) is 29.5 Å². The summed E-state index contributed by atoms with van der Waals surface area (Å²) in [5.74, 6) is 0.735. The Morgan fingerprint density at radius 3 is 2.78 bits per heavy atom. The number of hydrogen-bond donors (Lipinski definition) is 0. The second-order valence-electron chi connectivity index (χ2n) is 4.30. The lowest BCUT2D eigenvalue weighted by atomic mass is 10.1. The Bertz CT molecular complexity index is 433. The molecule has 0 aromatic heterocycles. The molecule has 1 amide bonds. The maximum atomic E-state index is 11.9. The lowest BCUT2D eigenvalue weighted by Gasteiger charge is -2.26. The van der Waals surface area contributed by atoms with E-state index in [2.05, 4.69) is 22.6 Å². The minimum Gasteiger partial charge on any atom is -0.483 e. The molecular weight excluding hydrogens is 365 g/mol. The monoisotopic (exact) mass is 379 g/mol. The van der Waals surface area contributed by atoms with Crippen molar-refractivity contribution >= 4 is 40.1 Å². The zero-order valence-electron chi connectivity index (χ0n) is 9.99. The molecule has 1 saturated heterocycles. The number of nitrogens with zero attached hydrogens (tertiary/aromatic N) is 1. The molecule has 5 heteroatoms. The van der Waals surface area contributed by atoms with Crippen molar-refractivity contribution in [2.75, 3.05) is 19.7 Å². The average molecular weight is 380 g/mol. The number of rotatable bonds is 3. The molecule has 2 rings (SSSR count). The van der Waals surface area contributed by atoms with Gasteiger partial charge in [0.1, 0.15) is 5.75 Å². The van der Waals surface area contributed by atoms with Gasteiger partial charge >= 0.3 is 0 Å². The van der Waals surface area contributed by atoms with E-state index in [0.29, 0.717) is 10.8 Å². The third-order valence-corrected chi connectivity index (χ3v) is 4.08. The quantitative estimate of drug-likeness (QED) is 0.754. The van der Waals surface area contributed by atoms with Crippen molar-refractivity contribution < 1.29 is 9.53 Å². The van der Waals surface area contributed by atoms with Crippen molar-refractivity contribution in [2.24, 2.45) is 0 Å². The Labute approximate surface area is 126 Å². The molecule has 0 spiro atoms. The largest absolute Gasteiger partial charge is 0.483 e. The van der Waals surface area contributed by atoms with Crippen LogP contribution in [0.3, 0.4) is 0 Å². The first-order valence-electron chi connectivity index (χ1n) is 6.02. The number of piperidine rings is 1. The average Bonchev–Trinajstić information content (AvgIpc) is 2.40. The van der Waals surface area contributed by atoms with Crippen molar-refractivity contribution in [1.82, 2.24) is 4.90 Å². The summed E-state index contributed by atoms with van der Waals surface area (Å²) in [4.78, 5) is 13.8. The molecular formula is C13H15ClINO2. The van der Waals surface area contributed by atoms with Crippen LogP contribution >= 0.6 is 34.2 Å². The molecule has 0 aliphatic carbocycles. The van der Waals surface area contributed by atoms with Gasteiger partial charge in [0, 0.05) is 18.1 Å². The number of carbonyl (C=O) groups excluding carboxylic acids is 1. The molecule has 1 aromatic carbocycles. The van der Waals surface area contributed by atoms with Crippen molar-refractivity contribution in [2.45, 2.75) is 19.3 Å². The van der Waals surface area contributed by atoms with Gasteiger partial charge in [-0.25, -0.2) is 0 Å². The zero-order valence-corrected chi connectivity index (χ0v) is 12.9. The van der Waals surface area contributed by atoms with E-state index in [0.717, 1.165) is 29.5 Å². The van der Waals surface area contributed by atoms with E-state index in [1.165, 1.54) is 6.42 Å². The first-order chi connectivity index (χ1) is 8.66. The van der Waals surface area contributed by atoms with Crippen LogP contribution in [0.4, 0.5) is 0 Å². The van der Waals surface area contributed by atoms with Crippen LogP contribution in [0.1, 0.15) is 19.3 Å². The first kappa shape index (κ1) is 13.9. The van der Waals surface area contributed by atoms with E-state index in [1.807, 2.05) is 17.0 Å². The number of likely N-dealkylation sites (tertiary alicyclic amines) is 1. The molecule has 1 aliphatic rings. The Morgan fingerprint density at radius 2 is 2.06 bits per heavy atom. The van der Waals surface area contributed by atoms with Crippen LogP contribution in [-0.2, 0) is 4.79 Å². The highest BCUT2D eigenvalue weighted by molar-refractivity contribution is 14.1. The van der Waals surface area contributed by atoms with Gasteiger partial charge < -0.3 is 9.64 Å².